The number of para-hydroxylation sites is 1. The summed E-state index contributed by atoms with van der Waals surface area (Å²) in [6.07, 6.45) is 4.72. The Hall–Kier alpha value is -3.45. The Morgan fingerprint density at radius 2 is 1.75 bits per heavy atom. The molecule has 2 heterocycles. The maximum absolute atomic E-state index is 12.6. The Labute approximate surface area is 216 Å². The van der Waals surface area contributed by atoms with Gasteiger partial charge in [-0.3, -0.25) is 4.79 Å². The number of nitrogens with zero attached hydrogens (tertiary/aromatic N) is 3. The van der Waals surface area contributed by atoms with E-state index >= 15 is 0 Å². The van der Waals surface area contributed by atoms with Crippen LogP contribution in [0.3, 0.4) is 0 Å². The number of anilines is 2. The van der Waals surface area contributed by atoms with Crippen molar-refractivity contribution in [3.8, 4) is 10.4 Å². The lowest BCUT2D eigenvalue weighted by Gasteiger charge is -2.29. The van der Waals surface area contributed by atoms with Crippen LogP contribution >= 0.6 is 11.3 Å². The maximum Gasteiger partial charge on any atom is 0.225 e. The molecule has 0 bridgehead atoms. The molecule has 1 saturated carbocycles. The molecule has 186 valence electrons. The van der Waals surface area contributed by atoms with E-state index in [9.17, 15) is 4.79 Å². The largest absolute Gasteiger partial charge is 0.362 e. The van der Waals surface area contributed by atoms with E-state index in [0.29, 0.717) is 24.3 Å². The molecule has 0 aliphatic heterocycles. The zero-order valence-electron chi connectivity index (χ0n) is 20.9. The molecule has 5 rings (SSSR count). The summed E-state index contributed by atoms with van der Waals surface area (Å²) in [7, 11) is 4.03. The molecular weight excluding hydrogens is 466 g/mol. The molecule has 36 heavy (non-hydrogen) atoms. The lowest BCUT2D eigenvalue weighted by Crippen LogP contribution is -2.34. The first kappa shape index (κ1) is 24.3. The van der Waals surface area contributed by atoms with Crippen molar-refractivity contribution in [2.75, 3.05) is 30.9 Å². The van der Waals surface area contributed by atoms with Crippen molar-refractivity contribution in [1.29, 1.82) is 0 Å². The van der Waals surface area contributed by atoms with Gasteiger partial charge in [0.05, 0.1) is 11.9 Å². The van der Waals surface area contributed by atoms with E-state index in [0.717, 1.165) is 54.5 Å². The van der Waals surface area contributed by atoms with Crippen molar-refractivity contribution < 1.29 is 4.79 Å². The van der Waals surface area contributed by atoms with Gasteiger partial charge in [0.1, 0.15) is 5.82 Å². The summed E-state index contributed by atoms with van der Waals surface area (Å²) in [5, 5.41) is 9.89. The third-order valence-electron chi connectivity index (χ3n) is 6.85. The number of aromatic nitrogens is 2. The normalized spacial score (nSPS) is 17.6. The minimum absolute atomic E-state index is 0.105. The van der Waals surface area contributed by atoms with Gasteiger partial charge in [-0.25, -0.2) is 4.98 Å². The Morgan fingerprint density at radius 1 is 1.00 bits per heavy atom. The minimum Gasteiger partial charge on any atom is -0.362 e. The highest BCUT2D eigenvalue weighted by Gasteiger charge is 2.23. The van der Waals surface area contributed by atoms with Gasteiger partial charge in [0.2, 0.25) is 11.9 Å². The van der Waals surface area contributed by atoms with E-state index in [4.69, 9.17) is 9.97 Å². The van der Waals surface area contributed by atoms with Gasteiger partial charge in [0.15, 0.2) is 0 Å². The van der Waals surface area contributed by atoms with Crippen LogP contribution in [0.1, 0.15) is 31.2 Å². The SMILES string of the molecule is CN(C)c1nc(NC2CCC(CNC(=O)Cc3csc(-c4ccccc4)c3)CC2)nc2ccccc12. The van der Waals surface area contributed by atoms with Crippen molar-refractivity contribution in [1.82, 2.24) is 15.3 Å². The number of carbonyl (C=O) groups excluding carboxylic acids is 1. The Morgan fingerprint density at radius 3 is 2.53 bits per heavy atom. The number of nitrogens with one attached hydrogen (secondary N) is 2. The molecule has 1 amide bonds. The monoisotopic (exact) mass is 499 g/mol. The smallest absolute Gasteiger partial charge is 0.225 e. The zero-order chi connectivity index (χ0) is 24.9. The van der Waals surface area contributed by atoms with Gasteiger partial charge >= 0.3 is 0 Å². The van der Waals surface area contributed by atoms with Crippen LogP contribution in [0.15, 0.2) is 66.0 Å². The molecule has 2 aromatic carbocycles. The second kappa shape index (κ2) is 11.1. The van der Waals surface area contributed by atoms with Crippen molar-refractivity contribution in [2.45, 2.75) is 38.1 Å². The van der Waals surface area contributed by atoms with Crippen LogP contribution in [-0.4, -0.2) is 42.6 Å². The Kier molecular flexibility index (Phi) is 7.47. The van der Waals surface area contributed by atoms with E-state index in [2.05, 4.69) is 40.3 Å². The standard InChI is InChI=1S/C29H33N5OS/c1-34(2)28-24-10-6-7-11-25(24)32-29(33-28)31-23-14-12-20(13-15-23)18-30-27(35)17-21-16-26(36-19-21)22-8-4-3-5-9-22/h3-11,16,19-20,23H,12-15,17-18H2,1-2H3,(H,30,35)(H,31,32,33). The van der Waals surface area contributed by atoms with Gasteiger partial charge in [-0.15, -0.1) is 11.3 Å². The molecule has 0 saturated heterocycles. The number of carbonyl (C=O) groups is 1. The van der Waals surface area contributed by atoms with E-state index in [1.807, 2.05) is 55.4 Å². The third kappa shape index (κ3) is 5.85. The summed E-state index contributed by atoms with van der Waals surface area (Å²) in [5.74, 6) is 2.25. The van der Waals surface area contributed by atoms with E-state index in [-0.39, 0.29) is 5.91 Å². The van der Waals surface area contributed by atoms with E-state index < -0.39 is 0 Å². The van der Waals surface area contributed by atoms with Gasteiger partial charge in [-0.1, -0.05) is 42.5 Å². The number of rotatable bonds is 8. The summed E-state index contributed by atoms with van der Waals surface area (Å²) >= 11 is 1.69. The highest BCUT2D eigenvalue weighted by molar-refractivity contribution is 7.13. The minimum atomic E-state index is 0.105. The Balaban J connectivity index is 1.09. The zero-order valence-corrected chi connectivity index (χ0v) is 21.7. The van der Waals surface area contributed by atoms with Gasteiger partial charge < -0.3 is 15.5 Å². The van der Waals surface area contributed by atoms with Gasteiger partial charge in [0, 0.05) is 36.9 Å². The van der Waals surface area contributed by atoms with Crippen LogP contribution in [-0.2, 0) is 11.2 Å². The molecule has 1 aliphatic carbocycles. The van der Waals surface area contributed by atoms with Gasteiger partial charge in [-0.2, -0.15) is 4.98 Å². The summed E-state index contributed by atoms with van der Waals surface area (Å²) in [5.41, 5.74) is 3.24. The fourth-order valence-corrected chi connectivity index (χ4v) is 5.81. The highest BCUT2D eigenvalue weighted by Crippen LogP contribution is 2.29. The fourth-order valence-electron chi connectivity index (χ4n) is 4.89. The van der Waals surface area contributed by atoms with Gasteiger partial charge in [0.25, 0.3) is 0 Å². The molecule has 7 heteroatoms. The quantitative estimate of drug-likeness (QED) is 0.323. The summed E-state index contributed by atoms with van der Waals surface area (Å²) in [6.45, 7) is 0.748. The van der Waals surface area contributed by atoms with E-state index in [1.54, 1.807) is 11.3 Å². The highest BCUT2D eigenvalue weighted by atomic mass is 32.1. The van der Waals surface area contributed by atoms with Crippen molar-refractivity contribution in [3.05, 3.63) is 71.6 Å². The van der Waals surface area contributed by atoms with Gasteiger partial charge in [-0.05, 0) is 66.3 Å². The average molecular weight is 500 g/mol. The fraction of sp³-hybridized carbons (Fsp3) is 0.345. The lowest BCUT2D eigenvalue weighted by molar-refractivity contribution is -0.120. The van der Waals surface area contributed by atoms with Crippen LogP contribution in [0.2, 0.25) is 0 Å². The molecular formula is C29H33N5OS. The first-order valence-electron chi connectivity index (χ1n) is 12.7. The molecule has 4 aromatic rings. The molecule has 1 aliphatic rings. The lowest BCUT2D eigenvalue weighted by atomic mass is 9.86. The van der Waals surface area contributed by atoms with Crippen LogP contribution in [0, 0.1) is 5.92 Å². The second-order valence-electron chi connectivity index (χ2n) is 9.81. The number of hydrogen-bond acceptors (Lipinski definition) is 6. The molecule has 1 fully saturated rings. The third-order valence-corrected chi connectivity index (χ3v) is 7.88. The number of thiophene rings is 1. The first-order valence-corrected chi connectivity index (χ1v) is 13.5. The number of benzene rings is 2. The molecule has 2 aromatic heterocycles. The molecule has 6 nitrogen and oxygen atoms in total. The van der Waals surface area contributed by atoms with Crippen molar-refractivity contribution in [3.63, 3.8) is 0 Å². The predicted molar refractivity (Wildman–Crippen MR) is 150 cm³/mol. The molecule has 0 atom stereocenters. The number of fused-ring (bicyclic) bond motifs is 1. The summed E-state index contributed by atoms with van der Waals surface area (Å²) in [4.78, 5) is 25.3. The first-order chi connectivity index (χ1) is 17.5. The van der Waals surface area contributed by atoms with Crippen LogP contribution in [0.25, 0.3) is 21.3 Å². The van der Waals surface area contributed by atoms with Crippen molar-refractivity contribution in [2.24, 2.45) is 5.92 Å². The molecule has 0 radical (unpaired) electrons. The maximum atomic E-state index is 12.6. The average Bonchev–Trinajstić information content (AvgIpc) is 3.36. The predicted octanol–water partition coefficient (Wildman–Crippen LogP) is 5.75. The molecule has 2 N–H and O–H groups in total. The van der Waals surface area contributed by atoms with Crippen molar-refractivity contribution >= 4 is 39.9 Å². The number of hydrogen-bond donors (Lipinski definition) is 2. The summed E-state index contributed by atoms with van der Waals surface area (Å²) in [6, 6.07) is 20.9. The van der Waals surface area contributed by atoms with E-state index in [1.165, 1.54) is 10.4 Å². The summed E-state index contributed by atoms with van der Waals surface area (Å²) < 4.78 is 0. The Bertz CT molecular complexity index is 1310. The molecule has 0 unspecified atom stereocenters. The number of amides is 1. The topological polar surface area (TPSA) is 70.2 Å². The van der Waals surface area contributed by atoms with Crippen LogP contribution in [0.5, 0.6) is 0 Å². The molecule has 0 spiro atoms. The van der Waals surface area contributed by atoms with Crippen LogP contribution in [0.4, 0.5) is 11.8 Å². The van der Waals surface area contributed by atoms with Crippen LogP contribution < -0.4 is 15.5 Å². The second-order valence-corrected chi connectivity index (χ2v) is 10.7.